The van der Waals surface area contributed by atoms with Crippen molar-refractivity contribution in [2.45, 2.75) is 135 Å². The van der Waals surface area contributed by atoms with Crippen LogP contribution in [-0.2, 0) is 42.5 Å². The molecule has 0 bridgehead atoms. The molecule has 0 amide bonds. The fraction of sp³-hybridized carbons (Fsp3) is 0.852. The number of halogens is 2. The van der Waals surface area contributed by atoms with Crippen LogP contribution in [0.4, 0.5) is 0 Å². The van der Waals surface area contributed by atoms with Gasteiger partial charge in [0, 0.05) is 33.0 Å². The van der Waals surface area contributed by atoms with Crippen molar-refractivity contribution >= 4 is 43.7 Å². The molecule has 0 saturated carbocycles. The molecule has 0 aromatic carbocycles. The van der Waals surface area contributed by atoms with E-state index in [2.05, 4.69) is 101 Å². The van der Waals surface area contributed by atoms with Crippen LogP contribution in [0.15, 0.2) is 9.98 Å². The molecule has 4 nitrogen and oxygen atoms in total. The van der Waals surface area contributed by atoms with Crippen LogP contribution >= 0.6 is 31.9 Å². The molecule has 2 aliphatic rings. The van der Waals surface area contributed by atoms with Crippen LogP contribution < -0.4 is 0 Å². The standard InChI is InChI=1S/C27H46Br2N2O2.2Ni/c1-11-15-25(16-12-2)19(23(5,6)7)30-21(32-25)27(28,29)22-31-20(24(8,9)10)26(33-22,17-13-3)18-14-4;;/h11-18H2,1-10H3;;/q-2;;. The number of alkyl halides is 2. The van der Waals surface area contributed by atoms with Crippen molar-refractivity contribution in [2.24, 2.45) is 20.8 Å². The topological polar surface area (TPSA) is 43.2 Å². The molecule has 0 radical (unpaired) electrons. The molecular weight excluding hydrogens is 662 g/mol. The Labute approximate surface area is 252 Å². The summed E-state index contributed by atoms with van der Waals surface area (Å²) in [6.45, 7) is 22.2. The summed E-state index contributed by atoms with van der Waals surface area (Å²) in [5.41, 5.74) is -0.970. The Morgan fingerprint density at radius 3 is 1.09 bits per heavy atom. The second-order valence-corrected chi connectivity index (χ2v) is 15.2. The molecule has 0 aromatic rings. The first-order valence-electron chi connectivity index (χ1n) is 12.8. The van der Waals surface area contributed by atoms with Gasteiger partial charge in [0.05, 0.1) is 26.2 Å². The van der Waals surface area contributed by atoms with E-state index in [-0.39, 0.29) is 55.0 Å². The number of ether oxygens (including phenoxy) is 2. The summed E-state index contributed by atoms with van der Waals surface area (Å²) >= 11 is 7.82. The molecule has 0 aromatic heterocycles. The van der Waals surface area contributed by atoms with Gasteiger partial charge in [0.15, 0.2) is 0 Å². The number of hydrogen-bond donors (Lipinski definition) is 0. The number of aliphatic imine (C=N–C) groups is 2. The number of rotatable bonds is 10. The maximum Gasteiger partial charge on any atom is 0.0959 e. The second kappa shape index (κ2) is 13.1. The zero-order valence-electron chi connectivity index (χ0n) is 23.3. The van der Waals surface area contributed by atoms with Crippen molar-refractivity contribution in [1.29, 1.82) is 0 Å². The van der Waals surface area contributed by atoms with Gasteiger partial charge in [-0.25, -0.2) is 0 Å². The van der Waals surface area contributed by atoms with Crippen molar-refractivity contribution in [3.05, 3.63) is 12.1 Å². The van der Waals surface area contributed by atoms with Crippen molar-refractivity contribution in [3.8, 4) is 0 Å². The third kappa shape index (κ3) is 7.39. The summed E-state index contributed by atoms with van der Waals surface area (Å²) in [5, 5.41) is 0. The van der Waals surface area contributed by atoms with Gasteiger partial charge in [-0.05, 0) is 25.7 Å². The number of nitrogens with zero attached hydrogens (tertiary/aromatic N) is 2. The molecule has 2 aliphatic heterocycles. The minimum absolute atomic E-state index is 0. The van der Waals surface area contributed by atoms with E-state index in [1.165, 1.54) is 0 Å². The molecule has 212 valence electrons. The van der Waals surface area contributed by atoms with Crippen molar-refractivity contribution in [3.63, 3.8) is 0 Å². The zero-order chi connectivity index (χ0) is 25.3. The molecule has 0 saturated heterocycles. The molecule has 0 N–H and O–H groups in total. The maximum absolute atomic E-state index is 6.80. The van der Waals surface area contributed by atoms with Gasteiger partial charge >= 0.3 is 0 Å². The smallest absolute Gasteiger partial charge is 0.0959 e. The summed E-state index contributed by atoms with van der Waals surface area (Å²) < 4.78 is 12.7. The maximum atomic E-state index is 6.80. The van der Waals surface area contributed by atoms with Gasteiger partial charge in [-0.2, -0.15) is 0 Å². The van der Waals surface area contributed by atoms with Gasteiger partial charge in [-0.15, -0.1) is 0 Å². The predicted molar refractivity (Wildman–Crippen MR) is 148 cm³/mol. The molecule has 35 heavy (non-hydrogen) atoms. The van der Waals surface area contributed by atoms with Gasteiger partial charge in [-0.1, -0.05) is 150 Å². The van der Waals surface area contributed by atoms with E-state index < -0.39 is 3.23 Å². The Balaban J connectivity index is 0.00000578. The molecule has 2 rings (SSSR count). The second-order valence-electron chi connectivity index (χ2n) is 11.8. The van der Waals surface area contributed by atoms with E-state index in [0.717, 1.165) is 63.5 Å². The van der Waals surface area contributed by atoms with Crippen LogP contribution in [0.25, 0.3) is 0 Å². The minimum atomic E-state index is -0.903. The SMILES string of the molecule is CCCC1(CCC)OC(C(Br)(Br)C2=N[C-](C(C)(C)C)C(CCC)(CCC)O2)=N[C-]1C(C)(C)C.[Ni].[Ni]. The number of hydrogen-bond acceptors (Lipinski definition) is 4. The molecule has 2 heterocycles. The average molecular weight is 708 g/mol. The van der Waals surface area contributed by atoms with E-state index in [1.807, 2.05) is 0 Å². The van der Waals surface area contributed by atoms with Gasteiger partial charge in [0.1, 0.15) is 0 Å². The van der Waals surface area contributed by atoms with Crippen LogP contribution in [0, 0.1) is 22.9 Å². The summed E-state index contributed by atoms with van der Waals surface area (Å²) in [7, 11) is 0. The van der Waals surface area contributed by atoms with E-state index in [1.54, 1.807) is 0 Å². The summed E-state index contributed by atoms with van der Waals surface area (Å²) in [4.78, 5) is 10.3. The van der Waals surface area contributed by atoms with Crippen LogP contribution in [0.3, 0.4) is 0 Å². The predicted octanol–water partition coefficient (Wildman–Crippen LogP) is 9.16. The van der Waals surface area contributed by atoms with Crippen molar-refractivity contribution in [2.75, 3.05) is 0 Å². The average Bonchev–Trinajstić information content (AvgIpc) is 3.23. The van der Waals surface area contributed by atoms with E-state index in [4.69, 9.17) is 19.5 Å². The third-order valence-electron chi connectivity index (χ3n) is 6.45. The van der Waals surface area contributed by atoms with Crippen molar-refractivity contribution in [1.82, 2.24) is 0 Å². The fourth-order valence-electron chi connectivity index (χ4n) is 5.52. The molecule has 0 spiro atoms. The van der Waals surface area contributed by atoms with Crippen LogP contribution in [0.2, 0.25) is 0 Å². The van der Waals surface area contributed by atoms with Gasteiger partial charge in [0.2, 0.25) is 0 Å². The molecular formula is C27H46Br2N2Ni2O2-2. The molecule has 8 heteroatoms. The van der Waals surface area contributed by atoms with Crippen molar-refractivity contribution < 1.29 is 42.5 Å². The molecule has 0 fully saturated rings. The van der Waals surface area contributed by atoms with Crippen LogP contribution in [0.5, 0.6) is 0 Å². The fourth-order valence-corrected chi connectivity index (χ4v) is 6.20. The van der Waals surface area contributed by atoms with E-state index in [0.29, 0.717) is 11.8 Å². The van der Waals surface area contributed by atoms with Crippen LogP contribution in [-0.4, -0.2) is 26.2 Å². The first kappa shape index (κ1) is 35.6. The Morgan fingerprint density at radius 2 is 0.886 bits per heavy atom. The monoisotopic (exact) mass is 704 g/mol. The third-order valence-corrected chi connectivity index (χ3v) is 7.80. The molecule has 0 aliphatic carbocycles. The Kier molecular flexibility index (Phi) is 13.4. The Bertz CT molecular complexity index is 670. The molecule has 0 atom stereocenters. The van der Waals surface area contributed by atoms with Gasteiger partial charge in [0.25, 0.3) is 0 Å². The largest absolute Gasteiger partial charge is 0.569 e. The Morgan fingerprint density at radius 1 is 0.629 bits per heavy atom. The quantitative estimate of drug-likeness (QED) is 0.129. The Hall–Kier alpha value is 0.627. The normalized spacial score (nSPS) is 19.3. The summed E-state index contributed by atoms with van der Waals surface area (Å²) in [6, 6.07) is 2.23. The first-order valence-corrected chi connectivity index (χ1v) is 14.4. The first-order chi connectivity index (χ1) is 15.1. The van der Waals surface area contributed by atoms with Crippen LogP contribution in [0.1, 0.15) is 121 Å². The van der Waals surface area contributed by atoms with Gasteiger partial charge in [-0.3, -0.25) is 0 Å². The summed E-state index contributed by atoms with van der Waals surface area (Å²) in [5.74, 6) is 1.20. The molecule has 0 unspecified atom stereocenters. The van der Waals surface area contributed by atoms with E-state index in [9.17, 15) is 0 Å². The van der Waals surface area contributed by atoms with E-state index >= 15 is 0 Å². The summed E-state index contributed by atoms with van der Waals surface area (Å²) in [6.07, 6.45) is 7.92. The zero-order valence-corrected chi connectivity index (χ0v) is 28.4. The minimum Gasteiger partial charge on any atom is -0.569 e. The van der Waals surface area contributed by atoms with Gasteiger partial charge < -0.3 is 19.5 Å².